The largest absolute Gasteiger partial charge is 0.416 e. The number of halogens is 5. The Labute approximate surface area is 208 Å². The van der Waals surface area contributed by atoms with Crippen molar-refractivity contribution in [3.05, 3.63) is 80.3 Å². The van der Waals surface area contributed by atoms with Crippen molar-refractivity contribution in [1.82, 2.24) is 20.6 Å². The van der Waals surface area contributed by atoms with Crippen molar-refractivity contribution in [2.24, 2.45) is 0 Å². The van der Waals surface area contributed by atoms with Crippen LogP contribution in [0.1, 0.15) is 53.2 Å². The second-order valence-electron chi connectivity index (χ2n) is 8.60. The van der Waals surface area contributed by atoms with Gasteiger partial charge in [-0.2, -0.15) is 13.2 Å². The number of nitrogens with zero attached hydrogens (tertiary/aromatic N) is 2. The molecule has 1 aromatic carbocycles. The molecule has 1 aliphatic carbocycles. The maximum absolute atomic E-state index is 14.6. The zero-order valence-electron chi connectivity index (χ0n) is 18.8. The van der Waals surface area contributed by atoms with Crippen LogP contribution >= 0.6 is 22.9 Å². The number of amides is 2. The molecule has 1 saturated carbocycles. The fraction of sp³-hybridized carbons (Fsp3) is 0.375. The molecule has 3 aromatic rings. The normalized spacial score (nSPS) is 16.2. The summed E-state index contributed by atoms with van der Waals surface area (Å²) in [6.07, 6.45) is 0.345. The summed E-state index contributed by atoms with van der Waals surface area (Å²) in [5.74, 6) is -1.06. The lowest BCUT2D eigenvalue weighted by Gasteiger charge is -2.33. The minimum Gasteiger partial charge on any atom is -0.336 e. The smallest absolute Gasteiger partial charge is 0.336 e. The molecule has 0 radical (unpaired) electrons. The lowest BCUT2D eigenvalue weighted by molar-refractivity contribution is -0.137. The third-order valence-corrected chi connectivity index (χ3v) is 7.42. The van der Waals surface area contributed by atoms with Crippen molar-refractivity contribution in [3.8, 4) is 0 Å². The molecule has 2 N–H and O–H groups in total. The highest BCUT2D eigenvalue weighted by atomic mass is 35.5. The Kier molecular flexibility index (Phi) is 7.32. The summed E-state index contributed by atoms with van der Waals surface area (Å²) < 4.78 is 55.5. The highest BCUT2D eigenvalue weighted by molar-refractivity contribution is 7.09. The number of rotatable bonds is 6. The SMILES string of the molecule is Cc1csc(C(CNC(=O)NC2CCCC2)(c2cc(F)cc(C(F)(F)F)c2)c2ccc(Cl)cn2)n1. The molecule has 0 spiro atoms. The van der Waals surface area contributed by atoms with Crippen molar-refractivity contribution in [2.75, 3.05) is 6.54 Å². The molecule has 1 unspecified atom stereocenters. The van der Waals surface area contributed by atoms with Gasteiger partial charge in [-0.25, -0.2) is 14.2 Å². The van der Waals surface area contributed by atoms with Gasteiger partial charge in [0.25, 0.3) is 0 Å². The van der Waals surface area contributed by atoms with Crippen molar-refractivity contribution in [3.63, 3.8) is 0 Å². The number of hydrogen-bond acceptors (Lipinski definition) is 4. The van der Waals surface area contributed by atoms with Crippen LogP contribution in [0.15, 0.2) is 41.9 Å². The molecule has 0 bridgehead atoms. The van der Waals surface area contributed by atoms with Gasteiger partial charge in [-0.05, 0) is 55.7 Å². The standard InChI is InChI=1S/C24H23ClF4N4OS/c1-14-12-35-21(32-14)23(20-7-6-17(25)11-30-20,13-31-22(34)33-19-4-2-3-5-19)15-8-16(24(27,28)29)10-18(26)9-15/h6-12,19H,2-5,13H2,1H3,(H2,31,33,34). The minimum atomic E-state index is -4.78. The predicted octanol–water partition coefficient (Wildman–Crippen LogP) is 6.23. The molecule has 186 valence electrons. The fourth-order valence-corrected chi connectivity index (χ4v) is 5.49. The number of aromatic nitrogens is 2. The summed E-state index contributed by atoms with van der Waals surface area (Å²) in [6, 6.07) is 5.01. The Hall–Kier alpha value is -2.72. The van der Waals surface area contributed by atoms with Gasteiger partial charge in [-0.1, -0.05) is 24.4 Å². The lowest BCUT2D eigenvalue weighted by atomic mass is 9.76. The average Bonchev–Trinajstić information content (AvgIpc) is 3.46. The number of hydrogen-bond donors (Lipinski definition) is 2. The number of pyridine rings is 1. The Morgan fingerprint density at radius 2 is 1.89 bits per heavy atom. The molecular weight excluding hydrogens is 504 g/mol. The molecular formula is C24H23ClF4N4OS. The van der Waals surface area contributed by atoms with Gasteiger partial charge in [0.2, 0.25) is 0 Å². The third kappa shape index (κ3) is 5.59. The van der Waals surface area contributed by atoms with E-state index in [4.69, 9.17) is 11.6 Å². The fourth-order valence-electron chi connectivity index (χ4n) is 4.35. The summed E-state index contributed by atoms with van der Waals surface area (Å²) in [4.78, 5) is 21.7. The van der Waals surface area contributed by atoms with E-state index in [1.54, 1.807) is 24.4 Å². The monoisotopic (exact) mass is 526 g/mol. The number of aryl methyl sites for hydroxylation is 1. The summed E-state index contributed by atoms with van der Waals surface area (Å²) in [5, 5.41) is 8.12. The average molecular weight is 527 g/mol. The zero-order chi connectivity index (χ0) is 25.2. The maximum atomic E-state index is 14.6. The third-order valence-electron chi connectivity index (χ3n) is 6.07. The molecule has 1 atom stereocenters. The van der Waals surface area contributed by atoms with E-state index in [1.165, 1.54) is 17.5 Å². The molecule has 1 fully saturated rings. The predicted molar refractivity (Wildman–Crippen MR) is 126 cm³/mol. The van der Waals surface area contributed by atoms with Crippen LogP contribution in [-0.2, 0) is 11.6 Å². The zero-order valence-corrected chi connectivity index (χ0v) is 20.3. The minimum absolute atomic E-state index is 0.0323. The number of nitrogens with one attached hydrogen (secondary N) is 2. The molecule has 0 saturated heterocycles. The number of thiazole rings is 1. The van der Waals surface area contributed by atoms with Crippen molar-refractivity contribution >= 4 is 29.0 Å². The first-order valence-corrected chi connectivity index (χ1v) is 12.3. The van der Waals surface area contributed by atoms with E-state index in [1.807, 2.05) is 0 Å². The molecule has 35 heavy (non-hydrogen) atoms. The van der Waals surface area contributed by atoms with Crippen LogP contribution in [0.4, 0.5) is 22.4 Å². The Morgan fingerprint density at radius 3 is 2.49 bits per heavy atom. The summed E-state index contributed by atoms with van der Waals surface area (Å²) in [6.45, 7) is 1.54. The first-order chi connectivity index (χ1) is 16.6. The van der Waals surface area contributed by atoms with Crippen LogP contribution in [0.2, 0.25) is 5.02 Å². The van der Waals surface area contributed by atoms with Gasteiger partial charge in [0.15, 0.2) is 0 Å². The van der Waals surface area contributed by atoms with Gasteiger partial charge in [0.05, 0.1) is 16.3 Å². The summed E-state index contributed by atoms with van der Waals surface area (Å²) >= 11 is 7.22. The molecule has 2 amide bonds. The molecule has 5 nitrogen and oxygen atoms in total. The Bertz CT molecular complexity index is 1190. The Balaban J connectivity index is 1.86. The van der Waals surface area contributed by atoms with E-state index < -0.39 is 29.0 Å². The molecule has 0 aliphatic heterocycles. The van der Waals surface area contributed by atoms with Crippen molar-refractivity contribution < 1.29 is 22.4 Å². The van der Waals surface area contributed by atoms with Gasteiger partial charge in [0, 0.05) is 29.9 Å². The highest BCUT2D eigenvalue weighted by Crippen LogP contribution is 2.42. The number of urea groups is 1. The Morgan fingerprint density at radius 1 is 1.17 bits per heavy atom. The number of carbonyl (C=O) groups is 1. The number of benzene rings is 1. The van der Waals surface area contributed by atoms with Gasteiger partial charge < -0.3 is 10.6 Å². The van der Waals surface area contributed by atoms with Crippen LogP contribution in [0, 0.1) is 12.7 Å². The van der Waals surface area contributed by atoms with Crippen molar-refractivity contribution in [1.29, 1.82) is 0 Å². The lowest BCUT2D eigenvalue weighted by Crippen LogP contribution is -2.48. The maximum Gasteiger partial charge on any atom is 0.416 e. The van der Waals surface area contributed by atoms with E-state index in [0.29, 0.717) is 21.8 Å². The topological polar surface area (TPSA) is 66.9 Å². The number of carbonyl (C=O) groups excluding carboxylic acids is 1. The van der Waals surface area contributed by atoms with Crippen LogP contribution in [0.25, 0.3) is 0 Å². The molecule has 1 aliphatic rings. The van der Waals surface area contributed by atoms with Crippen molar-refractivity contribution in [2.45, 2.75) is 50.2 Å². The van der Waals surface area contributed by atoms with Gasteiger partial charge in [-0.3, -0.25) is 4.98 Å². The number of alkyl halides is 3. The van der Waals surface area contributed by atoms with E-state index >= 15 is 0 Å². The molecule has 11 heteroatoms. The quantitative estimate of drug-likeness (QED) is 0.374. The van der Waals surface area contributed by atoms with Crippen LogP contribution < -0.4 is 10.6 Å². The van der Waals surface area contributed by atoms with Crippen LogP contribution in [0.3, 0.4) is 0 Å². The summed E-state index contributed by atoms with van der Waals surface area (Å²) in [5.41, 5.74) is -1.77. The summed E-state index contributed by atoms with van der Waals surface area (Å²) in [7, 11) is 0. The van der Waals surface area contributed by atoms with E-state index in [0.717, 1.165) is 37.8 Å². The molecule has 2 aromatic heterocycles. The van der Waals surface area contributed by atoms with Gasteiger partial charge in [0.1, 0.15) is 16.2 Å². The van der Waals surface area contributed by atoms with Gasteiger partial charge >= 0.3 is 12.2 Å². The second-order valence-corrected chi connectivity index (χ2v) is 9.89. The van der Waals surface area contributed by atoms with Crippen LogP contribution in [-0.4, -0.2) is 28.6 Å². The van der Waals surface area contributed by atoms with E-state index in [2.05, 4.69) is 20.6 Å². The first-order valence-electron chi connectivity index (χ1n) is 11.1. The van der Waals surface area contributed by atoms with E-state index in [-0.39, 0.29) is 23.8 Å². The highest BCUT2D eigenvalue weighted by Gasteiger charge is 2.43. The van der Waals surface area contributed by atoms with Gasteiger partial charge in [-0.15, -0.1) is 11.3 Å². The molecule has 4 rings (SSSR count). The molecule has 2 heterocycles. The van der Waals surface area contributed by atoms with Crippen LogP contribution in [0.5, 0.6) is 0 Å². The second kappa shape index (κ2) is 10.1. The first kappa shape index (κ1) is 25.4. The van der Waals surface area contributed by atoms with E-state index in [9.17, 15) is 22.4 Å².